The summed E-state index contributed by atoms with van der Waals surface area (Å²) in [6.07, 6.45) is 1.02. The van der Waals surface area contributed by atoms with Crippen LogP contribution in [0, 0.1) is 0 Å². The highest BCUT2D eigenvalue weighted by molar-refractivity contribution is 6.05. The van der Waals surface area contributed by atoms with E-state index in [1.807, 2.05) is 42.5 Å². The van der Waals surface area contributed by atoms with Gasteiger partial charge in [-0.15, -0.1) is 0 Å². The van der Waals surface area contributed by atoms with Crippen molar-refractivity contribution in [3.8, 4) is 0 Å². The lowest BCUT2D eigenvalue weighted by atomic mass is 10.1. The topological polar surface area (TPSA) is 50.4 Å². The third kappa shape index (κ3) is 2.90. The molecular formula is C17H18N2O2. The van der Waals surface area contributed by atoms with E-state index in [1.54, 1.807) is 7.11 Å². The van der Waals surface area contributed by atoms with Crippen LogP contribution >= 0.6 is 0 Å². The Morgan fingerprint density at radius 3 is 3.00 bits per heavy atom. The summed E-state index contributed by atoms with van der Waals surface area (Å²) in [5, 5.41) is 6.25. The first kappa shape index (κ1) is 13.6. The molecule has 108 valence electrons. The Kier molecular flexibility index (Phi) is 3.88. The molecule has 21 heavy (non-hydrogen) atoms. The van der Waals surface area contributed by atoms with Crippen molar-refractivity contribution in [3.05, 3.63) is 59.2 Å². The lowest BCUT2D eigenvalue weighted by Gasteiger charge is -2.11. The van der Waals surface area contributed by atoms with Gasteiger partial charge in [-0.2, -0.15) is 0 Å². The minimum Gasteiger partial charge on any atom is -0.384 e. The average Bonchev–Trinajstić information content (AvgIpc) is 2.97. The van der Waals surface area contributed by atoms with Gasteiger partial charge in [-0.05, 0) is 30.2 Å². The summed E-state index contributed by atoms with van der Waals surface area (Å²) in [7, 11) is 1.64. The number of fused-ring (bicyclic) bond motifs is 1. The predicted octanol–water partition coefficient (Wildman–Crippen LogP) is 3.05. The highest BCUT2D eigenvalue weighted by Crippen LogP contribution is 2.24. The van der Waals surface area contributed by atoms with Crippen molar-refractivity contribution in [2.75, 3.05) is 24.3 Å². The summed E-state index contributed by atoms with van der Waals surface area (Å²) in [4.78, 5) is 12.4. The van der Waals surface area contributed by atoms with Gasteiger partial charge in [-0.3, -0.25) is 4.79 Å². The molecule has 0 bridgehead atoms. The number of nitrogens with one attached hydrogen (secondary N) is 2. The fraction of sp³-hybridized carbons (Fsp3) is 0.235. The van der Waals surface area contributed by atoms with Gasteiger partial charge in [0.1, 0.15) is 0 Å². The van der Waals surface area contributed by atoms with Crippen LogP contribution in [0.25, 0.3) is 0 Å². The van der Waals surface area contributed by atoms with Crippen molar-refractivity contribution < 1.29 is 9.53 Å². The number of benzene rings is 2. The van der Waals surface area contributed by atoms with Gasteiger partial charge in [0.25, 0.3) is 5.91 Å². The monoisotopic (exact) mass is 282 g/mol. The zero-order valence-corrected chi connectivity index (χ0v) is 12.0. The second-order valence-corrected chi connectivity index (χ2v) is 5.09. The van der Waals surface area contributed by atoms with E-state index >= 15 is 0 Å². The maximum Gasteiger partial charge on any atom is 0.255 e. The molecule has 1 aliphatic rings. The Bertz CT molecular complexity index is 668. The molecule has 0 spiro atoms. The molecule has 1 heterocycles. The number of anilines is 2. The number of rotatable bonds is 4. The van der Waals surface area contributed by atoms with E-state index < -0.39 is 0 Å². The standard InChI is InChI=1S/C17H18N2O2/c1-21-11-14-4-2-3-5-15(14)19-17(20)13-7-6-12-8-9-18-16(12)10-13/h2-7,10,18H,8-9,11H2,1H3,(H,19,20). The average molecular weight is 282 g/mol. The van der Waals surface area contributed by atoms with Crippen LogP contribution in [0.5, 0.6) is 0 Å². The van der Waals surface area contributed by atoms with Gasteiger partial charge < -0.3 is 15.4 Å². The molecule has 0 saturated heterocycles. The number of methoxy groups -OCH3 is 1. The SMILES string of the molecule is COCc1ccccc1NC(=O)c1ccc2c(c1)NCC2. The Hall–Kier alpha value is -2.33. The molecule has 0 saturated carbocycles. The normalized spacial score (nSPS) is 12.6. The molecular weight excluding hydrogens is 264 g/mol. The van der Waals surface area contributed by atoms with E-state index in [0.717, 1.165) is 29.9 Å². The first-order valence-corrected chi connectivity index (χ1v) is 7.03. The molecule has 2 aromatic carbocycles. The molecule has 1 aliphatic heterocycles. The van der Waals surface area contributed by atoms with Crippen molar-refractivity contribution >= 4 is 17.3 Å². The van der Waals surface area contributed by atoms with Gasteiger partial charge in [-0.1, -0.05) is 24.3 Å². The highest BCUT2D eigenvalue weighted by atomic mass is 16.5. The van der Waals surface area contributed by atoms with E-state index in [-0.39, 0.29) is 5.91 Å². The van der Waals surface area contributed by atoms with Crippen LogP contribution in [0.1, 0.15) is 21.5 Å². The van der Waals surface area contributed by atoms with Gasteiger partial charge in [-0.25, -0.2) is 0 Å². The maximum absolute atomic E-state index is 12.4. The molecule has 1 amide bonds. The number of ether oxygens (including phenoxy) is 1. The van der Waals surface area contributed by atoms with E-state index in [2.05, 4.69) is 10.6 Å². The fourth-order valence-electron chi connectivity index (χ4n) is 2.55. The first-order valence-electron chi connectivity index (χ1n) is 7.03. The van der Waals surface area contributed by atoms with E-state index in [0.29, 0.717) is 12.2 Å². The van der Waals surface area contributed by atoms with Crippen LogP contribution in [0.15, 0.2) is 42.5 Å². The summed E-state index contributed by atoms with van der Waals surface area (Å²) < 4.78 is 5.16. The number of para-hydroxylation sites is 1. The quantitative estimate of drug-likeness (QED) is 0.906. The second kappa shape index (κ2) is 5.97. The summed E-state index contributed by atoms with van der Waals surface area (Å²) in [6, 6.07) is 13.5. The van der Waals surface area contributed by atoms with Gasteiger partial charge >= 0.3 is 0 Å². The van der Waals surface area contributed by atoms with E-state index in [9.17, 15) is 4.79 Å². The molecule has 2 N–H and O–H groups in total. The minimum absolute atomic E-state index is 0.102. The number of hydrogen-bond acceptors (Lipinski definition) is 3. The number of carbonyl (C=O) groups excluding carboxylic acids is 1. The molecule has 2 aromatic rings. The molecule has 0 fully saturated rings. The molecule has 0 unspecified atom stereocenters. The Morgan fingerprint density at radius 2 is 2.14 bits per heavy atom. The summed E-state index contributed by atoms with van der Waals surface area (Å²) in [6.45, 7) is 1.42. The van der Waals surface area contributed by atoms with Crippen molar-refractivity contribution in [2.24, 2.45) is 0 Å². The van der Waals surface area contributed by atoms with Crippen molar-refractivity contribution in [3.63, 3.8) is 0 Å². The van der Waals surface area contributed by atoms with Gasteiger partial charge in [0, 0.05) is 36.2 Å². The number of carbonyl (C=O) groups is 1. The Morgan fingerprint density at radius 1 is 1.29 bits per heavy atom. The molecule has 4 heteroatoms. The van der Waals surface area contributed by atoms with Crippen LogP contribution in [0.3, 0.4) is 0 Å². The molecule has 0 atom stereocenters. The second-order valence-electron chi connectivity index (χ2n) is 5.09. The van der Waals surface area contributed by atoms with Crippen molar-refractivity contribution in [1.82, 2.24) is 0 Å². The van der Waals surface area contributed by atoms with Gasteiger partial charge in [0.15, 0.2) is 0 Å². The van der Waals surface area contributed by atoms with Gasteiger partial charge in [0.05, 0.1) is 6.61 Å². The zero-order valence-electron chi connectivity index (χ0n) is 12.0. The summed E-state index contributed by atoms with van der Waals surface area (Å²) in [5.41, 5.74) is 4.75. The van der Waals surface area contributed by atoms with E-state index in [4.69, 9.17) is 4.74 Å². The van der Waals surface area contributed by atoms with Crippen LogP contribution in [-0.2, 0) is 17.8 Å². The minimum atomic E-state index is -0.102. The maximum atomic E-state index is 12.4. The summed E-state index contributed by atoms with van der Waals surface area (Å²) in [5.74, 6) is -0.102. The third-order valence-electron chi connectivity index (χ3n) is 3.65. The third-order valence-corrected chi connectivity index (χ3v) is 3.65. The fourth-order valence-corrected chi connectivity index (χ4v) is 2.55. The first-order chi connectivity index (χ1) is 10.3. The Balaban J connectivity index is 1.80. The molecule has 0 radical (unpaired) electrons. The largest absolute Gasteiger partial charge is 0.384 e. The van der Waals surface area contributed by atoms with E-state index in [1.165, 1.54) is 5.56 Å². The van der Waals surface area contributed by atoms with Crippen LogP contribution in [0.4, 0.5) is 11.4 Å². The van der Waals surface area contributed by atoms with Crippen molar-refractivity contribution in [2.45, 2.75) is 13.0 Å². The molecule has 0 aromatic heterocycles. The van der Waals surface area contributed by atoms with Crippen molar-refractivity contribution in [1.29, 1.82) is 0 Å². The number of hydrogen-bond donors (Lipinski definition) is 2. The summed E-state index contributed by atoms with van der Waals surface area (Å²) >= 11 is 0. The lowest BCUT2D eigenvalue weighted by molar-refractivity contribution is 0.102. The molecule has 3 rings (SSSR count). The smallest absolute Gasteiger partial charge is 0.255 e. The number of amides is 1. The molecule has 0 aliphatic carbocycles. The van der Waals surface area contributed by atoms with Crippen LogP contribution in [0.2, 0.25) is 0 Å². The predicted molar refractivity (Wildman–Crippen MR) is 83.7 cm³/mol. The van der Waals surface area contributed by atoms with Crippen LogP contribution in [-0.4, -0.2) is 19.6 Å². The van der Waals surface area contributed by atoms with Gasteiger partial charge in [0.2, 0.25) is 0 Å². The van der Waals surface area contributed by atoms with Crippen LogP contribution < -0.4 is 10.6 Å². The molecule has 4 nitrogen and oxygen atoms in total. The lowest BCUT2D eigenvalue weighted by Crippen LogP contribution is -2.13. The Labute approximate surface area is 124 Å². The highest BCUT2D eigenvalue weighted by Gasteiger charge is 2.14. The zero-order chi connectivity index (χ0) is 14.7.